The quantitative estimate of drug-likeness (QED) is 0.502. The molecule has 0 aliphatic rings. The molecule has 0 fully saturated rings. The lowest BCUT2D eigenvalue weighted by atomic mass is 10.2. The lowest BCUT2D eigenvalue weighted by Gasteiger charge is -2.10. The van der Waals surface area contributed by atoms with Crippen LogP contribution in [0.3, 0.4) is 0 Å². The summed E-state index contributed by atoms with van der Waals surface area (Å²) in [5.74, 6) is -0.540. The zero-order chi connectivity index (χ0) is 18.4. The van der Waals surface area contributed by atoms with Crippen LogP contribution >= 0.6 is 34.8 Å². The fourth-order valence-electron chi connectivity index (χ4n) is 1.88. The maximum absolute atomic E-state index is 11.9. The Morgan fingerprint density at radius 3 is 2.16 bits per heavy atom. The summed E-state index contributed by atoms with van der Waals surface area (Å²) < 4.78 is 0. The molecule has 0 heterocycles. The van der Waals surface area contributed by atoms with Crippen molar-refractivity contribution in [3.8, 4) is 0 Å². The highest BCUT2D eigenvalue weighted by Gasteiger charge is 2.08. The summed E-state index contributed by atoms with van der Waals surface area (Å²) in [4.78, 5) is 22.8. The van der Waals surface area contributed by atoms with Crippen molar-refractivity contribution < 1.29 is 9.59 Å². The number of carbonyl (C=O) groups is 2. The molecule has 0 atom stereocenters. The highest BCUT2D eigenvalue weighted by molar-refractivity contribution is 6.41. The van der Waals surface area contributed by atoms with Gasteiger partial charge in [-0.1, -0.05) is 46.9 Å². The van der Waals surface area contributed by atoms with Crippen LogP contribution in [0.15, 0.2) is 42.5 Å². The van der Waals surface area contributed by atoms with Crippen molar-refractivity contribution in [1.29, 1.82) is 0 Å². The van der Waals surface area contributed by atoms with Crippen molar-refractivity contribution in [3.63, 3.8) is 0 Å². The van der Waals surface area contributed by atoms with Gasteiger partial charge in [0.2, 0.25) is 5.91 Å². The van der Waals surface area contributed by atoms with Gasteiger partial charge in [-0.15, -0.1) is 0 Å². The van der Waals surface area contributed by atoms with Gasteiger partial charge in [0.1, 0.15) is 0 Å². The van der Waals surface area contributed by atoms with E-state index in [2.05, 4.69) is 16.2 Å². The minimum atomic E-state index is -0.395. The van der Waals surface area contributed by atoms with Crippen LogP contribution < -0.4 is 16.2 Å². The second-order valence-corrected chi connectivity index (χ2v) is 6.25. The first kappa shape index (κ1) is 19.1. The van der Waals surface area contributed by atoms with Crippen molar-refractivity contribution in [2.45, 2.75) is 6.92 Å². The van der Waals surface area contributed by atoms with E-state index in [0.717, 1.165) is 5.56 Å². The van der Waals surface area contributed by atoms with Gasteiger partial charge in [0.05, 0.1) is 15.7 Å². The smallest absolute Gasteiger partial charge is 0.262 e. The number of hydrazine groups is 1. The van der Waals surface area contributed by atoms with Crippen LogP contribution in [0.2, 0.25) is 15.1 Å². The summed E-state index contributed by atoms with van der Waals surface area (Å²) in [6.45, 7) is 1.43. The topological polar surface area (TPSA) is 70.2 Å². The molecule has 0 spiro atoms. The van der Waals surface area contributed by atoms with Gasteiger partial charge in [-0.05, 0) is 35.9 Å². The molecule has 2 rings (SSSR count). The Hall–Kier alpha value is -2.21. The van der Waals surface area contributed by atoms with Crippen LogP contribution in [0.1, 0.15) is 12.5 Å². The third kappa shape index (κ3) is 5.98. The third-order valence-electron chi connectivity index (χ3n) is 2.98. The lowest BCUT2D eigenvalue weighted by molar-refractivity contribution is -0.116. The van der Waals surface area contributed by atoms with Crippen molar-refractivity contribution >= 4 is 64.1 Å². The number of nitrogens with one attached hydrogen (secondary N) is 3. The van der Waals surface area contributed by atoms with E-state index < -0.39 is 5.91 Å². The molecule has 0 saturated heterocycles. The summed E-state index contributed by atoms with van der Waals surface area (Å²) in [6.07, 6.45) is 2.97. The third-order valence-corrected chi connectivity index (χ3v) is 3.79. The molecule has 0 bridgehead atoms. The largest absolute Gasteiger partial charge is 0.326 e. The highest BCUT2D eigenvalue weighted by atomic mass is 35.5. The van der Waals surface area contributed by atoms with E-state index in [9.17, 15) is 9.59 Å². The summed E-state index contributed by atoms with van der Waals surface area (Å²) in [5, 5.41) is 3.64. The van der Waals surface area contributed by atoms with Crippen molar-refractivity contribution in [3.05, 3.63) is 63.1 Å². The molecule has 3 N–H and O–H groups in total. The number of benzene rings is 2. The number of hydrogen-bond donors (Lipinski definition) is 3. The number of amides is 2. The van der Waals surface area contributed by atoms with E-state index in [1.54, 1.807) is 30.3 Å². The van der Waals surface area contributed by atoms with Crippen LogP contribution in [0.5, 0.6) is 0 Å². The van der Waals surface area contributed by atoms with Gasteiger partial charge >= 0.3 is 0 Å². The molecule has 0 saturated carbocycles. The fraction of sp³-hybridized carbons (Fsp3) is 0.0588. The van der Waals surface area contributed by atoms with Gasteiger partial charge < -0.3 is 5.32 Å². The van der Waals surface area contributed by atoms with Gasteiger partial charge in [-0.3, -0.25) is 20.4 Å². The van der Waals surface area contributed by atoms with Crippen molar-refractivity contribution in [2.24, 2.45) is 0 Å². The summed E-state index contributed by atoms with van der Waals surface area (Å²) in [5.41, 5.74) is 6.95. The number of hydrogen-bond acceptors (Lipinski definition) is 3. The van der Waals surface area contributed by atoms with Gasteiger partial charge in [-0.25, -0.2) is 0 Å². The Kier molecular flexibility index (Phi) is 6.70. The Labute approximate surface area is 159 Å². The van der Waals surface area contributed by atoms with E-state index in [0.29, 0.717) is 16.4 Å². The van der Waals surface area contributed by atoms with Gasteiger partial charge in [0.25, 0.3) is 5.91 Å². The number of anilines is 2. The summed E-state index contributed by atoms with van der Waals surface area (Å²) >= 11 is 17.8. The fourth-order valence-corrected chi connectivity index (χ4v) is 2.79. The first-order valence-corrected chi connectivity index (χ1v) is 8.25. The number of carbonyl (C=O) groups excluding carboxylic acids is 2. The van der Waals surface area contributed by atoms with Gasteiger partial charge in [0, 0.05) is 23.7 Å². The second kappa shape index (κ2) is 8.76. The molecule has 2 aromatic carbocycles. The molecule has 5 nitrogen and oxygen atoms in total. The minimum absolute atomic E-state index is 0.145. The van der Waals surface area contributed by atoms with E-state index in [1.807, 2.05) is 0 Å². The van der Waals surface area contributed by atoms with Crippen LogP contribution in [0.25, 0.3) is 6.08 Å². The molecular weight excluding hydrogens is 385 g/mol. The molecule has 0 unspecified atom stereocenters. The molecular formula is C17H14Cl3N3O2. The SMILES string of the molecule is CC(=O)Nc1ccc(/C=C/C(=O)NNc2c(Cl)cc(Cl)cc2Cl)cc1. The lowest BCUT2D eigenvalue weighted by Crippen LogP contribution is -2.27. The minimum Gasteiger partial charge on any atom is -0.326 e. The van der Waals surface area contributed by atoms with Crippen LogP contribution in [-0.4, -0.2) is 11.8 Å². The van der Waals surface area contributed by atoms with E-state index in [4.69, 9.17) is 34.8 Å². The Balaban J connectivity index is 1.94. The van der Waals surface area contributed by atoms with Gasteiger partial charge in [0.15, 0.2) is 0 Å². The Bertz CT molecular complexity index is 797. The maximum Gasteiger partial charge on any atom is 0.262 e. The molecule has 130 valence electrons. The van der Waals surface area contributed by atoms with Crippen LogP contribution in [-0.2, 0) is 9.59 Å². The predicted molar refractivity (Wildman–Crippen MR) is 103 cm³/mol. The van der Waals surface area contributed by atoms with Crippen molar-refractivity contribution in [2.75, 3.05) is 10.7 Å². The molecule has 0 aliphatic carbocycles. The number of halogens is 3. The Morgan fingerprint density at radius 2 is 1.60 bits per heavy atom. The monoisotopic (exact) mass is 397 g/mol. The van der Waals surface area contributed by atoms with E-state index >= 15 is 0 Å². The average Bonchev–Trinajstić information content (AvgIpc) is 2.52. The second-order valence-electron chi connectivity index (χ2n) is 5.00. The Morgan fingerprint density at radius 1 is 1.00 bits per heavy atom. The first-order valence-electron chi connectivity index (χ1n) is 7.11. The van der Waals surface area contributed by atoms with Crippen molar-refractivity contribution in [1.82, 2.24) is 5.43 Å². The molecule has 0 radical (unpaired) electrons. The zero-order valence-corrected chi connectivity index (χ0v) is 15.3. The van der Waals surface area contributed by atoms with Gasteiger partial charge in [-0.2, -0.15) is 0 Å². The van der Waals surface area contributed by atoms with Crippen LogP contribution in [0, 0.1) is 0 Å². The molecule has 0 aliphatic heterocycles. The normalized spacial score (nSPS) is 10.6. The van der Waals surface area contributed by atoms with E-state index in [1.165, 1.54) is 25.1 Å². The predicted octanol–water partition coefficient (Wildman–Crippen LogP) is 4.76. The molecule has 25 heavy (non-hydrogen) atoms. The summed E-state index contributed by atoms with van der Waals surface area (Å²) in [7, 11) is 0. The molecule has 2 aromatic rings. The first-order chi connectivity index (χ1) is 11.8. The average molecular weight is 399 g/mol. The zero-order valence-electron chi connectivity index (χ0n) is 13.1. The maximum atomic E-state index is 11.9. The molecule has 0 aromatic heterocycles. The molecule has 2 amide bonds. The standard InChI is InChI=1S/C17H14Cl3N3O2/c1-10(24)21-13-5-2-11(3-6-13)4-7-16(25)22-23-17-14(19)8-12(18)9-15(17)20/h2-9,23H,1H3,(H,21,24)(H,22,25)/b7-4+. The number of rotatable bonds is 5. The summed E-state index contributed by atoms with van der Waals surface area (Å²) in [6, 6.07) is 10.0. The van der Waals surface area contributed by atoms with E-state index in [-0.39, 0.29) is 16.0 Å². The molecule has 8 heteroatoms. The highest BCUT2D eigenvalue weighted by Crippen LogP contribution is 2.33. The van der Waals surface area contributed by atoms with Crippen LogP contribution in [0.4, 0.5) is 11.4 Å².